The van der Waals surface area contributed by atoms with Crippen molar-refractivity contribution in [3.63, 3.8) is 0 Å². The lowest BCUT2D eigenvalue weighted by Gasteiger charge is -2.15. The minimum atomic E-state index is -0.108. The Hall–Kier alpha value is -1.55. The molecule has 17 heavy (non-hydrogen) atoms. The van der Waals surface area contributed by atoms with Crippen molar-refractivity contribution in [2.24, 2.45) is 0 Å². The van der Waals surface area contributed by atoms with Gasteiger partial charge in [-0.3, -0.25) is 4.79 Å². The predicted molar refractivity (Wildman–Crippen MR) is 67.8 cm³/mol. The lowest BCUT2D eigenvalue weighted by atomic mass is 10.1. The smallest absolute Gasteiger partial charge is 0.234 e. The topological polar surface area (TPSA) is 61.4 Å². The van der Waals surface area contributed by atoms with E-state index in [4.69, 9.17) is 0 Å². The van der Waals surface area contributed by atoms with Crippen molar-refractivity contribution >= 4 is 5.91 Å². The summed E-state index contributed by atoms with van der Waals surface area (Å²) in [5.41, 5.74) is 0.892. The number of hydrogen-bond donors (Lipinski definition) is 3. The van der Waals surface area contributed by atoms with E-state index < -0.39 is 0 Å². The molecule has 1 rings (SSSR count). The van der Waals surface area contributed by atoms with Crippen molar-refractivity contribution in [1.82, 2.24) is 10.6 Å². The van der Waals surface area contributed by atoms with Crippen LogP contribution in [0.5, 0.6) is 5.75 Å². The van der Waals surface area contributed by atoms with E-state index in [0.717, 1.165) is 5.56 Å². The molecular weight excluding hydrogens is 216 g/mol. The maximum absolute atomic E-state index is 11.6. The highest BCUT2D eigenvalue weighted by Gasteiger charge is 2.09. The molecule has 0 saturated carbocycles. The summed E-state index contributed by atoms with van der Waals surface area (Å²) in [6.07, 6.45) is 0. The van der Waals surface area contributed by atoms with Gasteiger partial charge in [0, 0.05) is 6.04 Å². The maximum Gasteiger partial charge on any atom is 0.234 e. The highest BCUT2D eigenvalue weighted by molar-refractivity contribution is 5.78. The minimum absolute atomic E-state index is 0.0467. The standard InChI is InChI=1S/C13H20N2O2/c1-9(2)14-8-13(17)15-10(3)11-5-4-6-12(16)7-11/h4-7,9-10,14,16H,8H2,1-3H3,(H,15,17). The quantitative estimate of drug-likeness (QED) is 0.727. The zero-order valence-electron chi connectivity index (χ0n) is 10.5. The number of benzene rings is 1. The van der Waals surface area contributed by atoms with E-state index >= 15 is 0 Å². The highest BCUT2D eigenvalue weighted by atomic mass is 16.3. The zero-order valence-corrected chi connectivity index (χ0v) is 10.5. The summed E-state index contributed by atoms with van der Waals surface area (Å²) in [7, 11) is 0. The molecule has 0 radical (unpaired) electrons. The van der Waals surface area contributed by atoms with Crippen molar-refractivity contribution in [2.75, 3.05) is 6.54 Å². The molecule has 0 bridgehead atoms. The number of carbonyl (C=O) groups excluding carboxylic acids is 1. The van der Waals surface area contributed by atoms with Gasteiger partial charge in [0.1, 0.15) is 5.75 Å². The first-order valence-corrected chi connectivity index (χ1v) is 5.80. The van der Waals surface area contributed by atoms with Crippen LogP contribution in [-0.4, -0.2) is 23.6 Å². The molecule has 0 aliphatic carbocycles. The van der Waals surface area contributed by atoms with Crippen LogP contribution in [0.3, 0.4) is 0 Å². The molecule has 0 saturated heterocycles. The molecule has 0 spiro atoms. The van der Waals surface area contributed by atoms with E-state index in [1.54, 1.807) is 18.2 Å². The van der Waals surface area contributed by atoms with Crippen LogP contribution in [0.4, 0.5) is 0 Å². The molecule has 1 amide bonds. The Balaban J connectivity index is 2.48. The molecule has 0 heterocycles. The molecule has 0 aromatic heterocycles. The van der Waals surface area contributed by atoms with Crippen LogP contribution in [0, 0.1) is 0 Å². The molecule has 4 nitrogen and oxygen atoms in total. The molecule has 1 atom stereocenters. The fourth-order valence-electron chi connectivity index (χ4n) is 1.47. The van der Waals surface area contributed by atoms with E-state index in [1.807, 2.05) is 26.8 Å². The van der Waals surface area contributed by atoms with Gasteiger partial charge in [0.25, 0.3) is 0 Å². The fourth-order valence-corrected chi connectivity index (χ4v) is 1.47. The minimum Gasteiger partial charge on any atom is -0.508 e. The lowest BCUT2D eigenvalue weighted by Crippen LogP contribution is -2.37. The van der Waals surface area contributed by atoms with Crippen LogP contribution in [0.2, 0.25) is 0 Å². The normalized spacial score (nSPS) is 12.5. The van der Waals surface area contributed by atoms with Crippen molar-refractivity contribution in [3.05, 3.63) is 29.8 Å². The zero-order chi connectivity index (χ0) is 12.8. The Morgan fingerprint density at radius 1 is 1.35 bits per heavy atom. The van der Waals surface area contributed by atoms with Crippen LogP contribution in [0.15, 0.2) is 24.3 Å². The van der Waals surface area contributed by atoms with Crippen LogP contribution in [0.25, 0.3) is 0 Å². The Morgan fingerprint density at radius 2 is 2.06 bits per heavy atom. The van der Waals surface area contributed by atoms with Crippen LogP contribution >= 0.6 is 0 Å². The summed E-state index contributed by atoms with van der Waals surface area (Å²) in [5.74, 6) is 0.165. The van der Waals surface area contributed by atoms with Crippen LogP contribution in [0.1, 0.15) is 32.4 Å². The van der Waals surface area contributed by atoms with Gasteiger partial charge in [-0.05, 0) is 24.6 Å². The van der Waals surface area contributed by atoms with Crippen molar-refractivity contribution in [2.45, 2.75) is 32.9 Å². The molecule has 94 valence electrons. The van der Waals surface area contributed by atoms with Crippen molar-refractivity contribution in [1.29, 1.82) is 0 Å². The second-order valence-corrected chi connectivity index (χ2v) is 4.42. The van der Waals surface area contributed by atoms with Gasteiger partial charge >= 0.3 is 0 Å². The number of amides is 1. The molecule has 3 N–H and O–H groups in total. The summed E-state index contributed by atoms with van der Waals surface area (Å²) >= 11 is 0. The Morgan fingerprint density at radius 3 is 2.65 bits per heavy atom. The largest absolute Gasteiger partial charge is 0.508 e. The molecule has 1 aromatic rings. The first-order valence-electron chi connectivity index (χ1n) is 5.80. The second kappa shape index (κ2) is 6.25. The van der Waals surface area contributed by atoms with Gasteiger partial charge in [0.15, 0.2) is 0 Å². The number of hydrogen-bond acceptors (Lipinski definition) is 3. The molecule has 4 heteroatoms. The summed E-state index contributed by atoms with van der Waals surface area (Å²) in [5, 5.41) is 15.3. The molecule has 0 fully saturated rings. The third-order valence-corrected chi connectivity index (χ3v) is 2.42. The van der Waals surface area contributed by atoms with E-state index in [0.29, 0.717) is 6.54 Å². The van der Waals surface area contributed by atoms with E-state index in [9.17, 15) is 9.90 Å². The highest BCUT2D eigenvalue weighted by Crippen LogP contribution is 2.17. The summed E-state index contributed by atoms with van der Waals surface area (Å²) in [4.78, 5) is 11.6. The SMILES string of the molecule is CC(C)NCC(=O)NC(C)c1cccc(O)c1. The van der Waals surface area contributed by atoms with E-state index in [1.165, 1.54) is 0 Å². The number of nitrogens with one attached hydrogen (secondary N) is 2. The summed E-state index contributed by atoms with van der Waals surface area (Å²) in [6.45, 7) is 6.18. The molecule has 1 aromatic carbocycles. The van der Waals surface area contributed by atoms with Crippen LogP contribution < -0.4 is 10.6 Å². The van der Waals surface area contributed by atoms with E-state index in [-0.39, 0.29) is 23.7 Å². The number of carbonyl (C=O) groups is 1. The van der Waals surface area contributed by atoms with Gasteiger partial charge in [0.2, 0.25) is 5.91 Å². The third kappa shape index (κ3) is 4.87. The molecule has 1 unspecified atom stereocenters. The van der Waals surface area contributed by atoms with Gasteiger partial charge < -0.3 is 15.7 Å². The first-order chi connectivity index (χ1) is 7.99. The number of phenolic OH excluding ortho intramolecular Hbond substituents is 1. The van der Waals surface area contributed by atoms with Gasteiger partial charge in [-0.2, -0.15) is 0 Å². The van der Waals surface area contributed by atoms with Crippen LogP contribution in [-0.2, 0) is 4.79 Å². The van der Waals surface area contributed by atoms with Gasteiger partial charge in [-0.15, -0.1) is 0 Å². The average Bonchev–Trinajstić information content (AvgIpc) is 2.26. The number of phenols is 1. The summed E-state index contributed by atoms with van der Waals surface area (Å²) in [6, 6.07) is 7.08. The van der Waals surface area contributed by atoms with Crippen molar-refractivity contribution in [3.8, 4) is 5.75 Å². The van der Waals surface area contributed by atoms with Gasteiger partial charge in [-0.1, -0.05) is 26.0 Å². The maximum atomic E-state index is 11.6. The Bertz CT molecular complexity index is 377. The Kier molecular flexibility index (Phi) is 4.97. The molecule has 0 aliphatic rings. The lowest BCUT2D eigenvalue weighted by molar-refractivity contribution is -0.121. The van der Waals surface area contributed by atoms with Gasteiger partial charge in [0.05, 0.1) is 12.6 Å². The second-order valence-electron chi connectivity index (χ2n) is 4.42. The van der Waals surface area contributed by atoms with E-state index in [2.05, 4.69) is 10.6 Å². The number of aromatic hydroxyl groups is 1. The molecular formula is C13H20N2O2. The third-order valence-electron chi connectivity index (χ3n) is 2.42. The molecule has 0 aliphatic heterocycles. The fraction of sp³-hybridized carbons (Fsp3) is 0.462. The monoisotopic (exact) mass is 236 g/mol. The first kappa shape index (κ1) is 13.5. The predicted octanol–water partition coefficient (Wildman–Crippen LogP) is 1.57. The van der Waals surface area contributed by atoms with Gasteiger partial charge in [-0.25, -0.2) is 0 Å². The Labute approximate surface area is 102 Å². The summed E-state index contributed by atoms with van der Waals surface area (Å²) < 4.78 is 0. The average molecular weight is 236 g/mol. The van der Waals surface area contributed by atoms with Crippen molar-refractivity contribution < 1.29 is 9.90 Å². The number of rotatable bonds is 5.